The van der Waals surface area contributed by atoms with E-state index in [0.29, 0.717) is 22.2 Å². The Balaban J connectivity index is 1.87. The van der Waals surface area contributed by atoms with Crippen LogP contribution in [0.2, 0.25) is 10.0 Å². The summed E-state index contributed by atoms with van der Waals surface area (Å²) in [6.07, 6.45) is 1.13. The van der Waals surface area contributed by atoms with Crippen molar-refractivity contribution in [3.8, 4) is 0 Å². The molecule has 2 amide bonds. The zero-order valence-corrected chi connectivity index (χ0v) is 23.3. The molecule has 0 bridgehead atoms. The Morgan fingerprint density at radius 1 is 0.946 bits per heavy atom. The Bertz CT molecular complexity index is 1160. The molecule has 0 radical (unpaired) electrons. The van der Waals surface area contributed by atoms with Crippen molar-refractivity contribution < 1.29 is 14.0 Å². The second-order valence-corrected chi connectivity index (χ2v) is 10.7. The largest absolute Gasteiger partial charge is 0.352 e. The number of halogens is 3. The molecule has 0 aliphatic carbocycles. The minimum absolute atomic E-state index is 0.0368. The lowest BCUT2D eigenvalue weighted by Gasteiger charge is -2.32. The zero-order chi connectivity index (χ0) is 26.8. The number of hydrogen-bond donors (Lipinski definition) is 1. The standard InChI is InChI=1S/C29H31Cl2FN2O2S/c1-3-20(2)33-29(36)27(16-21-8-5-4-6-9-21)34(17-22-12-14-23(32)15-13-22)28(35)19-37-18-24-25(30)10-7-11-26(24)31/h4-15,20,27H,3,16-19H2,1-2H3,(H,33,36)/t20-,27+/m0/s1. The Kier molecular flexibility index (Phi) is 11.3. The summed E-state index contributed by atoms with van der Waals surface area (Å²) >= 11 is 14.0. The summed E-state index contributed by atoms with van der Waals surface area (Å²) in [4.78, 5) is 28.7. The Morgan fingerprint density at radius 3 is 2.22 bits per heavy atom. The van der Waals surface area contributed by atoms with Crippen molar-refractivity contribution in [1.29, 1.82) is 0 Å². The van der Waals surface area contributed by atoms with E-state index in [1.54, 1.807) is 35.2 Å². The lowest BCUT2D eigenvalue weighted by Crippen LogP contribution is -2.52. The molecule has 3 rings (SSSR count). The fraction of sp³-hybridized carbons (Fsp3) is 0.310. The smallest absolute Gasteiger partial charge is 0.243 e. The van der Waals surface area contributed by atoms with Gasteiger partial charge in [-0.2, -0.15) is 0 Å². The van der Waals surface area contributed by atoms with E-state index < -0.39 is 6.04 Å². The van der Waals surface area contributed by atoms with Crippen molar-refractivity contribution >= 4 is 46.8 Å². The molecule has 37 heavy (non-hydrogen) atoms. The number of nitrogens with zero attached hydrogens (tertiary/aromatic N) is 1. The first-order valence-corrected chi connectivity index (χ1v) is 14.1. The van der Waals surface area contributed by atoms with Crippen molar-refractivity contribution in [2.24, 2.45) is 0 Å². The second kappa shape index (κ2) is 14.4. The van der Waals surface area contributed by atoms with Gasteiger partial charge in [0.15, 0.2) is 0 Å². The van der Waals surface area contributed by atoms with Gasteiger partial charge in [-0.05, 0) is 54.3 Å². The van der Waals surface area contributed by atoms with Crippen molar-refractivity contribution in [3.05, 3.63) is 105 Å². The average molecular weight is 562 g/mol. The van der Waals surface area contributed by atoms with Crippen LogP contribution in [-0.2, 0) is 28.3 Å². The van der Waals surface area contributed by atoms with Gasteiger partial charge in [-0.1, -0.05) is 78.7 Å². The first-order chi connectivity index (χ1) is 17.8. The highest BCUT2D eigenvalue weighted by Crippen LogP contribution is 2.28. The number of hydrogen-bond acceptors (Lipinski definition) is 3. The summed E-state index contributed by atoms with van der Waals surface area (Å²) in [5, 5.41) is 4.14. The van der Waals surface area contributed by atoms with Crippen LogP contribution in [0.15, 0.2) is 72.8 Å². The number of benzene rings is 3. The lowest BCUT2D eigenvalue weighted by atomic mass is 10.0. The van der Waals surface area contributed by atoms with Gasteiger partial charge in [0, 0.05) is 34.8 Å². The van der Waals surface area contributed by atoms with Gasteiger partial charge in [0.05, 0.1) is 5.75 Å². The predicted octanol–water partition coefficient (Wildman–Crippen LogP) is 6.92. The van der Waals surface area contributed by atoms with E-state index in [4.69, 9.17) is 23.2 Å². The molecular formula is C29H31Cl2FN2O2S. The van der Waals surface area contributed by atoms with Crippen LogP contribution >= 0.6 is 35.0 Å². The minimum Gasteiger partial charge on any atom is -0.352 e. The molecule has 0 saturated heterocycles. The molecule has 3 aromatic carbocycles. The molecule has 0 unspecified atom stereocenters. The molecule has 0 aromatic heterocycles. The molecule has 1 N–H and O–H groups in total. The number of nitrogens with one attached hydrogen (secondary N) is 1. The maximum atomic E-state index is 13.7. The SMILES string of the molecule is CC[C@H](C)NC(=O)[C@@H](Cc1ccccc1)N(Cc1ccc(F)cc1)C(=O)CSCc1c(Cl)cccc1Cl. The van der Waals surface area contributed by atoms with Crippen LogP contribution in [0, 0.1) is 5.82 Å². The summed E-state index contributed by atoms with van der Waals surface area (Å²) in [5.41, 5.74) is 2.45. The minimum atomic E-state index is -0.738. The molecule has 3 aromatic rings. The van der Waals surface area contributed by atoms with Gasteiger partial charge in [0.1, 0.15) is 11.9 Å². The zero-order valence-electron chi connectivity index (χ0n) is 20.9. The molecular weight excluding hydrogens is 530 g/mol. The first-order valence-electron chi connectivity index (χ1n) is 12.2. The van der Waals surface area contributed by atoms with Crippen molar-refractivity contribution in [1.82, 2.24) is 10.2 Å². The summed E-state index contributed by atoms with van der Waals surface area (Å²) in [7, 11) is 0. The van der Waals surface area contributed by atoms with E-state index in [2.05, 4.69) is 5.32 Å². The number of carbonyl (C=O) groups is 2. The highest BCUT2D eigenvalue weighted by atomic mass is 35.5. The molecule has 0 heterocycles. The monoisotopic (exact) mass is 560 g/mol. The summed E-state index contributed by atoms with van der Waals surface area (Å²) < 4.78 is 13.6. The quantitative estimate of drug-likeness (QED) is 0.261. The van der Waals surface area contributed by atoms with E-state index in [1.165, 1.54) is 23.9 Å². The molecule has 196 valence electrons. The second-order valence-electron chi connectivity index (χ2n) is 8.86. The maximum absolute atomic E-state index is 13.7. The summed E-state index contributed by atoms with van der Waals surface area (Å²) in [5.74, 6) is -0.184. The van der Waals surface area contributed by atoms with E-state index >= 15 is 0 Å². The molecule has 4 nitrogen and oxygen atoms in total. The third-order valence-electron chi connectivity index (χ3n) is 6.07. The maximum Gasteiger partial charge on any atom is 0.243 e. The van der Waals surface area contributed by atoms with Gasteiger partial charge >= 0.3 is 0 Å². The van der Waals surface area contributed by atoms with Crippen LogP contribution in [0.4, 0.5) is 4.39 Å². The van der Waals surface area contributed by atoms with Crippen LogP contribution in [-0.4, -0.2) is 34.6 Å². The number of rotatable bonds is 12. The van der Waals surface area contributed by atoms with E-state index in [9.17, 15) is 14.0 Å². The van der Waals surface area contributed by atoms with Gasteiger partial charge in [-0.3, -0.25) is 9.59 Å². The fourth-order valence-electron chi connectivity index (χ4n) is 3.78. The third kappa shape index (κ3) is 8.77. The topological polar surface area (TPSA) is 49.4 Å². The number of carbonyl (C=O) groups excluding carboxylic acids is 2. The molecule has 0 fully saturated rings. The van der Waals surface area contributed by atoms with Crippen LogP contribution in [0.5, 0.6) is 0 Å². The molecule has 8 heteroatoms. The van der Waals surface area contributed by atoms with Crippen LogP contribution in [0.25, 0.3) is 0 Å². The van der Waals surface area contributed by atoms with Crippen LogP contribution in [0.1, 0.15) is 37.0 Å². The normalized spacial score (nSPS) is 12.6. The van der Waals surface area contributed by atoms with Crippen molar-refractivity contribution in [2.45, 2.75) is 51.1 Å². The van der Waals surface area contributed by atoms with Crippen LogP contribution in [0.3, 0.4) is 0 Å². The summed E-state index contributed by atoms with van der Waals surface area (Å²) in [6, 6.07) is 20.1. The highest BCUT2D eigenvalue weighted by Gasteiger charge is 2.31. The number of thioether (sulfide) groups is 1. The first kappa shape index (κ1) is 29.0. The van der Waals surface area contributed by atoms with Crippen LogP contribution < -0.4 is 5.32 Å². The lowest BCUT2D eigenvalue weighted by molar-refractivity contribution is -0.139. The third-order valence-corrected chi connectivity index (χ3v) is 7.72. The Labute approximate surface area is 232 Å². The van der Waals surface area contributed by atoms with Gasteiger partial charge in [-0.15, -0.1) is 11.8 Å². The highest BCUT2D eigenvalue weighted by molar-refractivity contribution is 7.99. The van der Waals surface area contributed by atoms with E-state index in [-0.39, 0.29) is 36.0 Å². The van der Waals surface area contributed by atoms with Gasteiger partial charge < -0.3 is 10.2 Å². The molecule has 0 aliphatic heterocycles. The Hall–Kier alpha value is -2.54. The number of amides is 2. The fourth-order valence-corrected chi connectivity index (χ4v) is 5.42. The van der Waals surface area contributed by atoms with E-state index in [0.717, 1.165) is 23.1 Å². The molecule has 0 spiro atoms. The molecule has 2 atom stereocenters. The summed E-state index contributed by atoms with van der Waals surface area (Å²) in [6.45, 7) is 4.11. The molecule has 0 saturated carbocycles. The predicted molar refractivity (Wildman–Crippen MR) is 151 cm³/mol. The van der Waals surface area contributed by atoms with E-state index in [1.807, 2.05) is 44.2 Å². The van der Waals surface area contributed by atoms with Gasteiger partial charge in [0.2, 0.25) is 11.8 Å². The van der Waals surface area contributed by atoms with Crippen molar-refractivity contribution in [2.75, 3.05) is 5.75 Å². The average Bonchev–Trinajstić information content (AvgIpc) is 2.89. The Morgan fingerprint density at radius 2 is 1.59 bits per heavy atom. The van der Waals surface area contributed by atoms with Gasteiger partial charge in [0.25, 0.3) is 0 Å². The molecule has 0 aliphatic rings. The van der Waals surface area contributed by atoms with Gasteiger partial charge in [-0.25, -0.2) is 4.39 Å². The van der Waals surface area contributed by atoms with Crippen molar-refractivity contribution in [3.63, 3.8) is 0 Å².